The van der Waals surface area contributed by atoms with Gasteiger partial charge in [0.05, 0.1) is 0 Å². The lowest BCUT2D eigenvalue weighted by atomic mass is 10.2. The summed E-state index contributed by atoms with van der Waals surface area (Å²) >= 11 is 1.43. The maximum Gasteiger partial charge on any atom is 0.225 e. The minimum atomic E-state index is 0.401. The van der Waals surface area contributed by atoms with Crippen LogP contribution in [0.3, 0.4) is 0 Å². The molecule has 0 saturated heterocycles. The summed E-state index contributed by atoms with van der Waals surface area (Å²) in [6, 6.07) is 9.38. The molecule has 0 unspecified atom stereocenters. The van der Waals surface area contributed by atoms with Crippen LogP contribution in [0.15, 0.2) is 41.6 Å². The molecule has 4 nitrogen and oxygen atoms in total. The highest BCUT2D eigenvalue weighted by Crippen LogP contribution is 2.26. The van der Waals surface area contributed by atoms with Crippen molar-refractivity contribution in [3.8, 4) is 11.6 Å². The summed E-state index contributed by atoms with van der Waals surface area (Å²) < 4.78 is 5.79. The van der Waals surface area contributed by atoms with E-state index in [9.17, 15) is 0 Å². The van der Waals surface area contributed by atoms with Gasteiger partial charge in [0.25, 0.3) is 0 Å². The van der Waals surface area contributed by atoms with Crippen molar-refractivity contribution in [2.24, 2.45) is 0 Å². The maximum atomic E-state index is 5.79. The number of nitrogen functional groups attached to an aromatic ring is 1. The van der Waals surface area contributed by atoms with Gasteiger partial charge in [-0.25, -0.2) is 4.98 Å². The van der Waals surface area contributed by atoms with Crippen LogP contribution >= 0.6 is 11.8 Å². The molecule has 0 amide bonds. The lowest BCUT2D eigenvalue weighted by Gasteiger charge is -2.09. The largest absolute Gasteiger partial charge is 0.438 e. The molecule has 0 fully saturated rings. The number of aromatic nitrogens is 2. The first-order valence-electron chi connectivity index (χ1n) is 5.81. The number of hydrogen-bond acceptors (Lipinski definition) is 5. The zero-order valence-corrected chi connectivity index (χ0v) is 11.6. The van der Waals surface area contributed by atoms with Crippen molar-refractivity contribution in [1.82, 2.24) is 9.97 Å². The van der Waals surface area contributed by atoms with E-state index in [0.29, 0.717) is 16.9 Å². The minimum absolute atomic E-state index is 0.401. The predicted octanol–water partition coefficient (Wildman–Crippen LogP) is 3.61. The fourth-order valence-electron chi connectivity index (χ4n) is 1.57. The second kappa shape index (κ2) is 6.24. The van der Waals surface area contributed by atoms with Crippen molar-refractivity contribution in [3.05, 3.63) is 42.0 Å². The van der Waals surface area contributed by atoms with E-state index < -0.39 is 0 Å². The number of rotatable bonds is 4. The first-order valence-corrected chi connectivity index (χ1v) is 7.03. The van der Waals surface area contributed by atoms with Crippen molar-refractivity contribution < 1.29 is 4.74 Å². The second-order valence-electron chi connectivity index (χ2n) is 3.76. The van der Waals surface area contributed by atoms with E-state index in [-0.39, 0.29) is 0 Å². The normalized spacial score (nSPS) is 10.8. The molecule has 19 heavy (non-hydrogen) atoms. The third-order valence-electron chi connectivity index (χ3n) is 2.36. The summed E-state index contributed by atoms with van der Waals surface area (Å²) in [7, 11) is 0. The molecule has 1 aromatic heterocycles. The van der Waals surface area contributed by atoms with E-state index >= 15 is 0 Å². The Morgan fingerprint density at radius 1 is 1.26 bits per heavy atom. The molecule has 98 valence electrons. The van der Waals surface area contributed by atoms with E-state index in [1.807, 2.05) is 49.6 Å². The molecule has 1 aromatic carbocycles. The summed E-state index contributed by atoms with van der Waals surface area (Å²) in [6.07, 6.45) is 5.84. The molecule has 0 saturated carbocycles. The maximum absolute atomic E-state index is 5.79. The Bertz CT molecular complexity index is 599. The Morgan fingerprint density at radius 3 is 2.79 bits per heavy atom. The van der Waals surface area contributed by atoms with Crippen LogP contribution in [0.1, 0.15) is 12.5 Å². The number of anilines is 1. The van der Waals surface area contributed by atoms with E-state index in [0.717, 1.165) is 11.3 Å². The Morgan fingerprint density at radius 2 is 2.05 bits per heavy atom. The highest BCUT2D eigenvalue weighted by molar-refractivity contribution is 7.98. The highest BCUT2D eigenvalue weighted by Gasteiger charge is 2.06. The van der Waals surface area contributed by atoms with Gasteiger partial charge >= 0.3 is 0 Å². The Hall–Kier alpha value is -2.01. The average molecular weight is 273 g/mol. The lowest BCUT2D eigenvalue weighted by molar-refractivity contribution is 0.455. The van der Waals surface area contributed by atoms with Crippen molar-refractivity contribution >= 4 is 23.7 Å². The fraction of sp³-hybridized carbons (Fsp3) is 0.143. The Balaban J connectivity index is 2.33. The molecular weight excluding hydrogens is 258 g/mol. The van der Waals surface area contributed by atoms with Crippen LogP contribution in [0.5, 0.6) is 11.6 Å². The summed E-state index contributed by atoms with van der Waals surface area (Å²) in [4.78, 5) is 8.36. The Labute approximate surface area is 116 Å². The number of hydrogen-bond donors (Lipinski definition) is 1. The molecule has 2 rings (SSSR count). The van der Waals surface area contributed by atoms with E-state index in [1.54, 1.807) is 6.07 Å². The number of para-hydroxylation sites is 1. The molecule has 0 aliphatic carbocycles. The van der Waals surface area contributed by atoms with Gasteiger partial charge in [-0.3, -0.25) is 0 Å². The predicted molar refractivity (Wildman–Crippen MR) is 79.4 cm³/mol. The number of thioether (sulfide) groups is 1. The van der Waals surface area contributed by atoms with Crippen LogP contribution in [-0.4, -0.2) is 16.2 Å². The number of ether oxygens (including phenoxy) is 1. The monoisotopic (exact) mass is 273 g/mol. The molecular formula is C14H15N3OS. The zero-order valence-electron chi connectivity index (χ0n) is 10.8. The van der Waals surface area contributed by atoms with Gasteiger partial charge in [-0.1, -0.05) is 42.1 Å². The summed E-state index contributed by atoms with van der Waals surface area (Å²) in [5.74, 6) is 1.59. The van der Waals surface area contributed by atoms with Crippen LogP contribution in [0.4, 0.5) is 5.82 Å². The van der Waals surface area contributed by atoms with Crippen molar-refractivity contribution in [2.75, 3.05) is 12.0 Å². The summed E-state index contributed by atoms with van der Waals surface area (Å²) in [5, 5.41) is 0.596. The molecule has 0 spiro atoms. The fourth-order valence-corrected chi connectivity index (χ4v) is 1.95. The van der Waals surface area contributed by atoms with Crippen LogP contribution in [0, 0.1) is 0 Å². The average Bonchev–Trinajstić information content (AvgIpc) is 2.40. The van der Waals surface area contributed by atoms with Crippen LogP contribution in [0.2, 0.25) is 0 Å². The Kier molecular flexibility index (Phi) is 4.41. The minimum Gasteiger partial charge on any atom is -0.438 e. The van der Waals surface area contributed by atoms with Gasteiger partial charge in [-0.05, 0) is 19.2 Å². The van der Waals surface area contributed by atoms with E-state index in [1.165, 1.54) is 11.8 Å². The molecule has 5 heteroatoms. The quantitative estimate of drug-likeness (QED) is 0.681. The van der Waals surface area contributed by atoms with Crippen molar-refractivity contribution in [1.29, 1.82) is 0 Å². The standard InChI is InChI=1S/C14H15N3OS/c1-3-6-10-7-4-5-8-11(10)18-13-9-12(15)16-14(17-13)19-2/h3-9H,1-2H3,(H2,15,16,17)/b6-3+. The molecule has 0 aliphatic rings. The van der Waals surface area contributed by atoms with Crippen molar-refractivity contribution in [3.63, 3.8) is 0 Å². The summed E-state index contributed by atoms with van der Waals surface area (Å²) in [5.41, 5.74) is 6.72. The van der Waals surface area contributed by atoms with Crippen molar-refractivity contribution in [2.45, 2.75) is 12.1 Å². The van der Waals surface area contributed by atoms with Gasteiger partial charge in [0.15, 0.2) is 5.16 Å². The molecule has 0 aliphatic heterocycles. The number of nitrogens with two attached hydrogens (primary N) is 1. The van der Waals surface area contributed by atoms with Crippen LogP contribution < -0.4 is 10.5 Å². The third kappa shape index (κ3) is 3.48. The number of benzene rings is 1. The second-order valence-corrected chi connectivity index (χ2v) is 4.53. The van der Waals surface area contributed by atoms with Gasteiger partial charge in [-0.2, -0.15) is 4.98 Å². The van der Waals surface area contributed by atoms with E-state index in [4.69, 9.17) is 10.5 Å². The number of allylic oxidation sites excluding steroid dienone is 1. The lowest BCUT2D eigenvalue weighted by Crippen LogP contribution is -1.97. The topological polar surface area (TPSA) is 61.0 Å². The van der Waals surface area contributed by atoms with Gasteiger partial charge < -0.3 is 10.5 Å². The molecule has 0 radical (unpaired) electrons. The van der Waals surface area contributed by atoms with Crippen LogP contribution in [-0.2, 0) is 0 Å². The molecule has 2 aromatic rings. The number of nitrogens with zero attached hydrogens (tertiary/aromatic N) is 2. The van der Waals surface area contributed by atoms with Gasteiger partial charge in [-0.15, -0.1) is 0 Å². The molecule has 0 bridgehead atoms. The molecule has 1 heterocycles. The van der Waals surface area contributed by atoms with Gasteiger partial charge in [0.2, 0.25) is 5.88 Å². The molecule has 0 atom stereocenters. The highest BCUT2D eigenvalue weighted by atomic mass is 32.2. The third-order valence-corrected chi connectivity index (χ3v) is 2.91. The van der Waals surface area contributed by atoms with Gasteiger partial charge in [0.1, 0.15) is 11.6 Å². The molecule has 2 N–H and O–H groups in total. The summed E-state index contributed by atoms with van der Waals surface area (Å²) in [6.45, 7) is 1.96. The first kappa shape index (κ1) is 13.4. The van der Waals surface area contributed by atoms with Gasteiger partial charge in [0, 0.05) is 11.6 Å². The smallest absolute Gasteiger partial charge is 0.225 e. The van der Waals surface area contributed by atoms with E-state index in [2.05, 4.69) is 9.97 Å². The SMILES string of the molecule is C/C=C/c1ccccc1Oc1cc(N)nc(SC)n1. The first-order chi connectivity index (χ1) is 9.22. The zero-order chi connectivity index (χ0) is 13.7. The van der Waals surface area contributed by atoms with Crippen LogP contribution in [0.25, 0.3) is 6.08 Å².